The van der Waals surface area contributed by atoms with Gasteiger partial charge in [0, 0.05) is 13.2 Å². The van der Waals surface area contributed by atoms with Crippen LogP contribution >= 0.6 is 0 Å². The van der Waals surface area contributed by atoms with Crippen LogP contribution in [0, 0.1) is 0 Å². The topological polar surface area (TPSA) is 75.8 Å². The Kier molecular flexibility index (Phi) is 3.17. The Morgan fingerprint density at radius 2 is 2.41 bits per heavy atom. The molecule has 6 nitrogen and oxygen atoms in total. The van der Waals surface area contributed by atoms with Crippen LogP contribution in [0.1, 0.15) is 29.6 Å². The van der Waals surface area contributed by atoms with Gasteiger partial charge in [-0.2, -0.15) is 0 Å². The van der Waals surface area contributed by atoms with Crippen molar-refractivity contribution in [1.29, 1.82) is 0 Å². The SMILES string of the molecule is CCC1(O)CN(C(=O)c2cc(COC)on2)C1. The minimum atomic E-state index is -0.727. The molecule has 0 radical (unpaired) electrons. The van der Waals surface area contributed by atoms with Crippen molar-refractivity contribution in [3.63, 3.8) is 0 Å². The summed E-state index contributed by atoms with van der Waals surface area (Å²) in [6.07, 6.45) is 0.643. The second-order valence-electron chi connectivity index (χ2n) is 4.35. The lowest BCUT2D eigenvalue weighted by Gasteiger charge is -2.45. The predicted octanol–water partition coefficient (Wildman–Crippen LogP) is 0.418. The molecule has 0 aliphatic carbocycles. The lowest BCUT2D eigenvalue weighted by molar-refractivity contribution is -0.0829. The Balaban J connectivity index is 1.96. The molecule has 0 bridgehead atoms. The smallest absolute Gasteiger partial charge is 0.276 e. The van der Waals surface area contributed by atoms with E-state index < -0.39 is 5.60 Å². The van der Waals surface area contributed by atoms with Crippen LogP contribution in [0.4, 0.5) is 0 Å². The van der Waals surface area contributed by atoms with Gasteiger partial charge in [0.25, 0.3) is 5.91 Å². The molecule has 1 aliphatic heterocycles. The summed E-state index contributed by atoms with van der Waals surface area (Å²) in [5.74, 6) is 0.302. The molecule has 1 saturated heterocycles. The molecule has 1 N–H and O–H groups in total. The summed E-state index contributed by atoms with van der Waals surface area (Å²) < 4.78 is 9.81. The number of hydrogen-bond donors (Lipinski definition) is 1. The van der Waals surface area contributed by atoms with Crippen LogP contribution in [0.3, 0.4) is 0 Å². The molecule has 1 aliphatic rings. The number of hydrogen-bond acceptors (Lipinski definition) is 5. The highest BCUT2D eigenvalue weighted by molar-refractivity contribution is 5.93. The molecule has 1 amide bonds. The fourth-order valence-electron chi connectivity index (χ4n) is 1.82. The zero-order chi connectivity index (χ0) is 12.5. The molecular weight excluding hydrogens is 224 g/mol. The van der Waals surface area contributed by atoms with Crippen molar-refractivity contribution in [2.24, 2.45) is 0 Å². The molecule has 0 aromatic carbocycles. The number of aliphatic hydroxyl groups is 1. The van der Waals surface area contributed by atoms with Gasteiger partial charge in [0.05, 0.1) is 18.7 Å². The second-order valence-corrected chi connectivity index (χ2v) is 4.35. The predicted molar refractivity (Wildman–Crippen MR) is 58.4 cm³/mol. The minimum absolute atomic E-state index is 0.214. The van der Waals surface area contributed by atoms with E-state index in [-0.39, 0.29) is 11.6 Å². The quantitative estimate of drug-likeness (QED) is 0.825. The molecular formula is C11H16N2O4. The first-order chi connectivity index (χ1) is 8.08. The monoisotopic (exact) mass is 240 g/mol. The maximum absolute atomic E-state index is 11.9. The Morgan fingerprint density at radius 3 is 3.00 bits per heavy atom. The van der Waals surface area contributed by atoms with E-state index in [4.69, 9.17) is 9.26 Å². The number of carbonyl (C=O) groups excluding carboxylic acids is 1. The van der Waals surface area contributed by atoms with Crippen molar-refractivity contribution in [3.8, 4) is 0 Å². The largest absolute Gasteiger partial charge is 0.386 e. The van der Waals surface area contributed by atoms with Gasteiger partial charge in [-0.15, -0.1) is 0 Å². The number of β-amino-alcohol motifs (C(OH)–C–C–N with tert-alkyl or cyclic N) is 1. The molecule has 1 fully saturated rings. The summed E-state index contributed by atoms with van der Waals surface area (Å²) in [5.41, 5.74) is -0.468. The summed E-state index contributed by atoms with van der Waals surface area (Å²) >= 11 is 0. The number of likely N-dealkylation sites (tertiary alicyclic amines) is 1. The number of aromatic nitrogens is 1. The highest BCUT2D eigenvalue weighted by Gasteiger charge is 2.42. The minimum Gasteiger partial charge on any atom is -0.386 e. The van der Waals surface area contributed by atoms with E-state index in [1.165, 1.54) is 0 Å². The highest BCUT2D eigenvalue weighted by atomic mass is 16.5. The number of rotatable bonds is 4. The third-order valence-electron chi connectivity index (χ3n) is 2.98. The number of nitrogens with zero attached hydrogens (tertiary/aromatic N) is 2. The van der Waals surface area contributed by atoms with Gasteiger partial charge in [0.2, 0.25) is 0 Å². The van der Waals surface area contributed by atoms with Crippen LogP contribution in [0.5, 0.6) is 0 Å². The van der Waals surface area contributed by atoms with Gasteiger partial charge in [0.1, 0.15) is 6.61 Å². The van der Waals surface area contributed by atoms with Crippen molar-refractivity contribution in [2.75, 3.05) is 20.2 Å². The van der Waals surface area contributed by atoms with E-state index >= 15 is 0 Å². The Bertz CT molecular complexity index is 409. The van der Waals surface area contributed by atoms with Crippen molar-refractivity contribution in [1.82, 2.24) is 10.1 Å². The molecule has 17 heavy (non-hydrogen) atoms. The normalized spacial score (nSPS) is 17.9. The molecule has 2 heterocycles. The van der Waals surface area contributed by atoms with Crippen molar-refractivity contribution in [2.45, 2.75) is 25.6 Å². The third kappa shape index (κ3) is 2.32. The van der Waals surface area contributed by atoms with Crippen LogP contribution in [0.15, 0.2) is 10.6 Å². The lowest BCUT2D eigenvalue weighted by atomic mass is 9.91. The van der Waals surface area contributed by atoms with E-state index in [0.29, 0.717) is 31.9 Å². The Morgan fingerprint density at radius 1 is 1.71 bits per heavy atom. The molecule has 0 unspecified atom stereocenters. The average molecular weight is 240 g/mol. The summed E-state index contributed by atoms with van der Waals surface area (Å²) in [6, 6.07) is 1.56. The lowest BCUT2D eigenvalue weighted by Crippen LogP contribution is -2.63. The number of methoxy groups -OCH3 is 1. The summed E-state index contributed by atoms with van der Waals surface area (Å²) in [4.78, 5) is 13.5. The van der Waals surface area contributed by atoms with Crippen LogP contribution in [0.2, 0.25) is 0 Å². The fourth-order valence-corrected chi connectivity index (χ4v) is 1.82. The van der Waals surface area contributed by atoms with Crippen molar-refractivity contribution < 1.29 is 19.2 Å². The van der Waals surface area contributed by atoms with E-state index in [2.05, 4.69) is 5.16 Å². The number of amides is 1. The third-order valence-corrected chi connectivity index (χ3v) is 2.98. The average Bonchev–Trinajstić information content (AvgIpc) is 2.73. The van der Waals surface area contributed by atoms with Crippen LogP contribution in [-0.4, -0.2) is 46.9 Å². The molecule has 1 aromatic rings. The summed E-state index contributed by atoms with van der Waals surface area (Å²) in [6.45, 7) is 2.90. The standard InChI is InChI=1S/C11H16N2O4/c1-3-11(15)6-13(7-11)10(14)9-4-8(5-16-2)17-12-9/h4,15H,3,5-7H2,1-2H3. The van der Waals surface area contributed by atoms with E-state index in [0.717, 1.165) is 0 Å². The van der Waals surface area contributed by atoms with E-state index in [9.17, 15) is 9.90 Å². The van der Waals surface area contributed by atoms with Crippen molar-refractivity contribution >= 4 is 5.91 Å². The second kappa shape index (κ2) is 4.46. The number of carbonyl (C=O) groups is 1. The highest BCUT2D eigenvalue weighted by Crippen LogP contribution is 2.25. The van der Waals surface area contributed by atoms with E-state index in [1.54, 1.807) is 18.1 Å². The van der Waals surface area contributed by atoms with Gasteiger partial charge in [-0.1, -0.05) is 12.1 Å². The fraction of sp³-hybridized carbons (Fsp3) is 0.636. The zero-order valence-electron chi connectivity index (χ0n) is 9.97. The summed E-state index contributed by atoms with van der Waals surface area (Å²) in [5, 5.41) is 13.5. The van der Waals surface area contributed by atoms with Crippen molar-refractivity contribution in [3.05, 3.63) is 17.5 Å². The van der Waals surface area contributed by atoms with Gasteiger partial charge in [-0.05, 0) is 6.42 Å². The first kappa shape index (κ1) is 12.1. The van der Waals surface area contributed by atoms with Gasteiger partial charge >= 0.3 is 0 Å². The maximum atomic E-state index is 11.9. The Labute approximate surface area is 99.1 Å². The maximum Gasteiger partial charge on any atom is 0.276 e. The van der Waals surface area contributed by atoms with Crippen LogP contribution in [-0.2, 0) is 11.3 Å². The van der Waals surface area contributed by atoms with E-state index in [1.807, 2.05) is 6.92 Å². The van der Waals surface area contributed by atoms with Gasteiger partial charge in [0.15, 0.2) is 11.5 Å². The zero-order valence-corrected chi connectivity index (χ0v) is 9.97. The Hall–Kier alpha value is -1.40. The van der Waals surface area contributed by atoms with Gasteiger partial charge in [-0.25, -0.2) is 0 Å². The molecule has 0 saturated carbocycles. The van der Waals surface area contributed by atoms with Crippen LogP contribution < -0.4 is 0 Å². The molecule has 6 heteroatoms. The molecule has 2 rings (SSSR count). The number of ether oxygens (including phenoxy) is 1. The first-order valence-electron chi connectivity index (χ1n) is 5.54. The van der Waals surface area contributed by atoms with Gasteiger partial charge in [-0.3, -0.25) is 4.79 Å². The first-order valence-corrected chi connectivity index (χ1v) is 5.54. The summed E-state index contributed by atoms with van der Waals surface area (Å²) in [7, 11) is 1.54. The molecule has 0 atom stereocenters. The van der Waals surface area contributed by atoms with Crippen LogP contribution in [0.25, 0.3) is 0 Å². The molecule has 94 valence electrons. The molecule has 1 aromatic heterocycles. The molecule has 0 spiro atoms. The van der Waals surface area contributed by atoms with Gasteiger partial charge < -0.3 is 19.3 Å².